The normalized spacial score (nSPS) is 4.80. The second kappa shape index (κ2) is 16.7. The van der Waals surface area contributed by atoms with Gasteiger partial charge < -0.3 is 10.4 Å². The molecule has 0 aliphatic heterocycles. The topological polar surface area (TPSA) is 127 Å². The molecule has 2 N–H and O–H groups in total. The molecule has 0 aromatic carbocycles. The largest absolute Gasteiger partial charge is 2.00 e. The van der Waals surface area contributed by atoms with Gasteiger partial charge in [-0.3, -0.25) is 0 Å². The van der Waals surface area contributed by atoms with Crippen molar-refractivity contribution in [2.24, 2.45) is 0 Å². The molecule has 0 aliphatic carbocycles. The van der Waals surface area contributed by atoms with E-state index in [0.717, 1.165) is 0 Å². The molecular weight excluding hydrogens is 203 g/mol. The fraction of sp³-hybridized carbons (Fsp3) is 0. The molecule has 0 radical (unpaired) electrons. The monoisotopic (exact) mass is 205 g/mol. The summed E-state index contributed by atoms with van der Waals surface area (Å²) in [6.07, 6.45) is 0. The van der Waals surface area contributed by atoms with E-state index in [9.17, 15) is 0 Å². The molecular formula is H2CaKN2O6+3. The van der Waals surface area contributed by atoms with Gasteiger partial charge in [-0.05, 0) is 0 Å². The Labute approximate surface area is 127 Å². The Kier molecular flexibility index (Phi) is 37.6. The first-order valence-electron chi connectivity index (χ1n) is 1.13. The van der Waals surface area contributed by atoms with Crippen LogP contribution in [-0.4, -0.2) is 58.3 Å². The third kappa shape index (κ3) is 381. The van der Waals surface area contributed by atoms with Crippen molar-refractivity contribution in [1.82, 2.24) is 0 Å². The molecule has 10 heteroatoms. The van der Waals surface area contributed by atoms with E-state index < -0.39 is 10.2 Å². The first kappa shape index (κ1) is 22.5. The minimum Gasteiger partial charge on any atom is -0.328 e. The molecule has 0 rings (SSSR count). The van der Waals surface area contributed by atoms with Crippen molar-refractivity contribution in [2.45, 2.75) is 0 Å². The fourth-order valence-electron chi connectivity index (χ4n) is 0. The van der Waals surface area contributed by atoms with Crippen LogP contribution < -0.4 is 51.4 Å². The molecule has 0 heterocycles. The smallest absolute Gasteiger partial charge is 0.328 e. The second-order valence-electron chi connectivity index (χ2n) is 0.476. The van der Waals surface area contributed by atoms with E-state index in [-0.39, 0.29) is 89.1 Å². The molecule has 0 aromatic heterocycles. The van der Waals surface area contributed by atoms with Crippen LogP contribution in [0.2, 0.25) is 0 Å². The van der Waals surface area contributed by atoms with Gasteiger partial charge in [0.05, 0.1) is 0 Å². The summed E-state index contributed by atoms with van der Waals surface area (Å²) in [5.41, 5.74) is 0. The summed E-state index contributed by atoms with van der Waals surface area (Å²) >= 11 is 0. The van der Waals surface area contributed by atoms with Gasteiger partial charge in [0, 0.05) is 0 Å². The number of rotatable bonds is 0. The van der Waals surface area contributed by atoms with Crippen LogP contribution in [0.25, 0.3) is 0 Å². The average Bonchev–Trinajstić information content (AvgIpc) is 1.25. The van der Waals surface area contributed by atoms with Crippen molar-refractivity contribution in [3.8, 4) is 0 Å². The molecule has 0 bridgehead atoms. The molecule has 0 saturated carbocycles. The Bertz CT molecular complexity index is 73.7. The maximum atomic E-state index is 8.36. The van der Waals surface area contributed by atoms with E-state index in [4.69, 9.17) is 30.6 Å². The maximum Gasteiger partial charge on any atom is 2.00 e. The second-order valence-corrected chi connectivity index (χ2v) is 0.476. The average molecular weight is 205 g/mol. The summed E-state index contributed by atoms with van der Waals surface area (Å²) in [5, 5.41) is 27.3. The number of nitrogens with zero attached hydrogens (tertiary/aromatic N) is 2. The van der Waals surface area contributed by atoms with E-state index >= 15 is 0 Å². The first-order valence-corrected chi connectivity index (χ1v) is 1.13. The minimum absolute atomic E-state index is 0. The van der Waals surface area contributed by atoms with Crippen molar-refractivity contribution in [1.29, 1.82) is 0 Å². The van der Waals surface area contributed by atoms with E-state index in [0.29, 0.717) is 0 Å². The van der Waals surface area contributed by atoms with Crippen LogP contribution in [0.4, 0.5) is 0 Å². The van der Waals surface area contributed by atoms with Crippen LogP contribution in [0.15, 0.2) is 0 Å². The van der Waals surface area contributed by atoms with Crippen molar-refractivity contribution >= 4 is 37.7 Å². The van der Waals surface area contributed by atoms with Crippen LogP contribution in [-0.2, 0) is 0 Å². The van der Waals surface area contributed by atoms with Crippen LogP contribution in [0, 0.1) is 20.2 Å². The van der Waals surface area contributed by atoms with Crippen LogP contribution in [0.3, 0.4) is 0 Å². The third-order valence-electron chi connectivity index (χ3n) is 0. The van der Waals surface area contributed by atoms with Gasteiger partial charge in [-0.1, -0.05) is 0 Å². The van der Waals surface area contributed by atoms with Crippen LogP contribution in [0.1, 0.15) is 0 Å². The van der Waals surface area contributed by atoms with Crippen LogP contribution >= 0.6 is 0 Å². The fourth-order valence-corrected chi connectivity index (χ4v) is 0. The third-order valence-corrected chi connectivity index (χ3v) is 0. The molecule has 0 unspecified atom stereocenters. The SMILES string of the molecule is O=[N+]([O-])O.O=[N+]([O-])O.[Ca+2].[K+]. The summed E-state index contributed by atoms with van der Waals surface area (Å²) in [4.78, 5) is 16.7. The Balaban J connectivity index is -0.0000000300. The molecule has 8 nitrogen and oxygen atoms in total. The molecule has 0 atom stereocenters. The van der Waals surface area contributed by atoms with Gasteiger partial charge in [-0.2, -0.15) is 0 Å². The molecule has 0 saturated heterocycles. The van der Waals surface area contributed by atoms with Crippen molar-refractivity contribution < 1.29 is 72.0 Å². The molecule has 0 amide bonds. The molecule has 10 heavy (non-hydrogen) atoms. The van der Waals surface area contributed by atoms with Gasteiger partial charge >= 0.3 is 89.1 Å². The van der Waals surface area contributed by atoms with Gasteiger partial charge in [0.25, 0.3) is 10.2 Å². The predicted molar refractivity (Wildman–Crippen MR) is 23.3 cm³/mol. The Morgan fingerprint density at radius 1 is 1.00 bits per heavy atom. The van der Waals surface area contributed by atoms with Crippen molar-refractivity contribution in [2.75, 3.05) is 0 Å². The predicted octanol–water partition coefficient (Wildman–Crippen LogP) is -4.07. The maximum absolute atomic E-state index is 8.36. The van der Waals surface area contributed by atoms with E-state index in [1.165, 1.54) is 0 Å². The Hall–Kier alpha value is 1.30. The van der Waals surface area contributed by atoms with Gasteiger partial charge in [-0.25, -0.2) is 0 Å². The standard InChI is InChI=1S/Ca.K.2HNO3/c;;2*2-1(3)4/h;;2*(H,2,3,4)/q+2;+1;;. The Morgan fingerprint density at radius 2 is 1.00 bits per heavy atom. The quantitative estimate of drug-likeness (QED) is 0.235. The van der Waals surface area contributed by atoms with Gasteiger partial charge in [0.15, 0.2) is 0 Å². The molecule has 0 fully saturated rings. The first-order chi connectivity index (χ1) is 3.46. The summed E-state index contributed by atoms with van der Waals surface area (Å²) in [5.74, 6) is 0. The van der Waals surface area contributed by atoms with E-state index in [1.807, 2.05) is 0 Å². The zero-order valence-corrected chi connectivity index (χ0v) is 10.5. The molecule has 48 valence electrons. The van der Waals surface area contributed by atoms with Gasteiger partial charge in [-0.15, -0.1) is 20.2 Å². The molecule has 0 aromatic rings. The van der Waals surface area contributed by atoms with Gasteiger partial charge in [0.1, 0.15) is 0 Å². The van der Waals surface area contributed by atoms with Crippen molar-refractivity contribution in [3.63, 3.8) is 0 Å². The van der Waals surface area contributed by atoms with E-state index in [1.54, 1.807) is 0 Å². The molecule has 0 aliphatic rings. The minimum atomic E-state index is -1.50. The van der Waals surface area contributed by atoms with Crippen molar-refractivity contribution in [3.05, 3.63) is 20.2 Å². The summed E-state index contributed by atoms with van der Waals surface area (Å²) in [6.45, 7) is 0. The summed E-state index contributed by atoms with van der Waals surface area (Å²) in [6, 6.07) is 0. The summed E-state index contributed by atoms with van der Waals surface area (Å²) < 4.78 is 0. The van der Waals surface area contributed by atoms with E-state index in [2.05, 4.69) is 0 Å². The number of hydrogen-bond acceptors (Lipinski definition) is 4. The Morgan fingerprint density at radius 3 is 1.00 bits per heavy atom. The summed E-state index contributed by atoms with van der Waals surface area (Å²) in [7, 11) is 0. The molecule has 0 spiro atoms. The van der Waals surface area contributed by atoms with Crippen LogP contribution in [0.5, 0.6) is 0 Å². The zero-order valence-electron chi connectivity index (χ0n) is 5.13. The zero-order chi connectivity index (χ0) is 7.15. The number of hydrogen-bond donors (Lipinski definition) is 2. The van der Waals surface area contributed by atoms with Gasteiger partial charge in [0.2, 0.25) is 0 Å².